The average Bonchev–Trinajstić information content (AvgIpc) is 2.66. The van der Waals surface area contributed by atoms with E-state index < -0.39 is 5.60 Å². The zero-order valence-electron chi connectivity index (χ0n) is 17.0. The summed E-state index contributed by atoms with van der Waals surface area (Å²) in [6.07, 6.45) is 4.33. The Balaban J connectivity index is 2.13. The number of anilines is 1. The first kappa shape index (κ1) is 21.2. The van der Waals surface area contributed by atoms with E-state index in [4.69, 9.17) is 9.47 Å². The summed E-state index contributed by atoms with van der Waals surface area (Å²) >= 11 is 0. The minimum absolute atomic E-state index is 0.109. The van der Waals surface area contributed by atoms with Crippen molar-refractivity contribution in [1.29, 1.82) is 5.26 Å². The van der Waals surface area contributed by atoms with Gasteiger partial charge in [-0.3, -0.25) is 4.79 Å². The van der Waals surface area contributed by atoms with Gasteiger partial charge in [-0.05, 0) is 62.1 Å². The number of ether oxygens (including phenoxy) is 2. The number of benzene rings is 1. The van der Waals surface area contributed by atoms with Gasteiger partial charge < -0.3 is 14.8 Å². The molecule has 27 heavy (non-hydrogen) atoms. The highest BCUT2D eigenvalue weighted by Gasteiger charge is 2.42. The molecule has 0 atom stereocenters. The molecule has 1 aromatic rings. The molecule has 0 aromatic heterocycles. The Kier molecular flexibility index (Phi) is 7.67. The molecule has 1 fully saturated rings. The van der Waals surface area contributed by atoms with E-state index in [0.29, 0.717) is 42.0 Å². The molecule has 1 amide bonds. The van der Waals surface area contributed by atoms with Gasteiger partial charge in [0, 0.05) is 12.3 Å². The van der Waals surface area contributed by atoms with Gasteiger partial charge in [0.05, 0.1) is 12.2 Å². The van der Waals surface area contributed by atoms with Gasteiger partial charge in [0.15, 0.2) is 0 Å². The lowest BCUT2D eigenvalue weighted by atomic mass is 9.78. The molecule has 5 nitrogen and oxygen atoms in total. The van der Waals surface area contributed by atoms with E-state index >= 15 is 0 Å². The zero-order valence-corrected chi connectivity index (χ0v) is 17.0. The van der Waals surface area contributed by atoms with Gasteiger partial charge in [-0.15, -0.1) is 0 Å². The maximum atomic E-state index is 13.1. The van der Waals surface area contributed by atoms with Crippen LogP contribution in [0.5, 0.6) is 5.75 Å². The standard InChI is InChI=1S/C22H32N2O3/c1-5-12-27-22(10-8-17(4)9-11-22)21(25)24-19-6-7-20(18(13-19)14-23)26-15-16(2)3/h6-7,13,16-17H,5,8-12,15H2,1-4H3,(H,24,25). The highest BCUT2D eigenvalue weighted by atomic mass is 16.5. The number of carbonyl (C=O) groups is 1. The van der Waals surface area contributed by atoms with Crippen molar-refractivity contribution in [2.24, 2.45) is 11.8 Å². The van der Waals surface area contributed by atoms with E-state index in [9.17, 15) is 10.1 Å². The monoisotopic (exact) mass is 372 g/mol. The van der Waals surface area contributed by atoms with Gasteiger partial charge in [0.1, 0.15) is 17.4 Å². The summed E-state index contributed by atoms with van der Waals surface area (Å²) in [5.41, 5.74) is 0.267. The molecule has 0 heterocycles. The van der Waals surface area contributed by atoms with Crippen molar-refractivity contribution in [1.82, 2.24) is 0 Å². The van der Waals surface area contributed by atoms with Gasteiger partial charge in [-0.1, -0.05) is 27.7 Å². The molecule has 1 aromatic carbocycles. The second kappa shape index (κ2) is 9.75. The first-order valence-electron chi connectivity index (χ1n) is 10.0. The Morgan fingerprint density at radius 2 is 2.07 bits per heavy atom. The lowest BCUT2D eigenvalue weighted by Crippen LogP contribution is -2.48. The number of hydrogen-bond acceptors (Lipinski definition) is 4. The first-order valence-corrected chi connectivity index (χ1v) is 10.0. The van der Waals surface area contributed by atoms with Crippen molar-refractivity contribution < 1.29 is 14.3 Å². The summed E-state index contributed by atoms with van der Waals surface area (Å²) in [6, 6.07) is 7.36. The normalized spacial score (nSPS) is 22.3. The lowest BCUT2D eigenvalue weighted by Gasteiger charge is -2.38. The molecular weight excluding hydrogens is 340 g/mol. The minimum Gasteiger partial charge on any atom is -0.492 e. The molecule has 0 radical (unpaired) electrons. The molecule has 0 spiro atoms. The van der Waals surface area contributed by atoms with Crippen LogP contribution in [-0.4, -0.2) is 24.7 Å². The Morgan fingerprint density at radius 1 is 1.37 bits per heavy atom. The van der Waals surface area contributed by atoms with Gasteiger partial charge in [0.2, 0.25) is 0 Å². The van der Waals surface area contributed by atoms with Crippen LogP contribution >= 0.6 is 0 Å². The van der Waals surface area contributed by atoms with Crippen molar-refractivity contribution >= 4 is 11.6 Å². The highest BCUT2D eigenvalue weighted by Crippen LogP contribution is 2.36. The van der Waals surface area contributed by atoms with Gasteiger partial charge >= 0.3 is 0 Å². The molecule has 0 saturated heterocycles. The number of amides is 1. The fourth-order valence-electron chi connectivity index (χ4n) is 3.29. The van der Waals surface area contributed by atoms with Gasteiger partial charge in [-0.2, -0.15) is 5.26 Å². The quantitative estimate of drug-likeness (QED) is 0.704. The average molecular weight is 373 g/mol. The smallest absolute Gasteiger partial charge is 0.256 e. The number of nitrogens with zero attached hydrogens (tertiary/aromatic N) is 1. The lowest BCUT2D eigenvalue weighted by molar-refractivity contribution is -0.147. The van der Waals surface area contributed by atoms with Crippen LogP contribution in [0, 0.1) is 23.2 Å². The van der Waals surface area contributed by atoms with Gasteiger partial charge in [-0.25, -0.2) is 0 Å². The van der Waals surface area contributed by atoms with E-state index in [-0.39, 0.29) is 5.91 Å². The molecule has 5 heteroatoms. The van der Waals surface area contributed by atoms with Crippen LogP contribution in [-0.2, 0) is 9.53 Å². The van der Waals surface area contributed by atoms with E-state index in [1.807, 2.05) is 6.92 Å². The number of nitrogens with one attached hydrogen (secondary N) is 1. The number of hydrogen-bond donors (Lipinski definition) is 1. The van der Waals surface area contributed by atoms with Crippen LogP contribution < -0.4 is 10.1 Å². The zero-order chi connectivity index (χ0) is 19.9. The summed E-state index contributed by atoms with van der Waals surface area (Å²) in [6.45, 7) is 9.51. The third-order valence-electron chi connectivity index (χ3n) is 5.01. The third kappa shape index (κ3) is 5.71. The van der Waals surface area contributed by atoms with Crippen LogP contribution in [0.2, 0.25) is 0 Å². The molecule has 0 unspecified atom stereocenters. The molecule has 1 saturated carbocycles. The predicted molar refractivity (Wildman–Crippen MR) is 107 cm³/mol. The molecule has 2 rings (SSSR count). The summed E-state index contributed by atoms with van der Waals surface area (Å²) in [5, 5.41) is 12.4. The predicted octanol–water partition coefficient (Wildman–Crippen LogP) is 4.91. The van der Waals surface area contributed by atoms with Crippen LogP contribution in [0.3, 0.4) is 0 Å². The van der Waals surface area contributed by atoms with E-state index in [2.05, 4.69) is 32.2 Å². The Bertz CT molecular complexity index is 665. The minimum atomic E-state index is -0.762. The maximum Gasteiger partial charge on any atom is 0.256 e. The van der Waals surface area contributed by atoms with Crippen LogP contribution in [0.25, 0.3) is 0 Å². The SMILES string of the molecule is CCCOC1(C(=O)Nc2ccc(OCC(C)C)c(C#N)c2)CCC(C)CC1. The number of nitriles is 1. The topological polar surface area (TPSA) is 71.3 Å². The first-order chi connectivity index (χ1) is 12.9. The van der Waals surface area contributed by atoms with Crippen molar-refractivity contribution in [3.05, 3.63) is 23.8 Å². The van der Waals surface area contributed by atoms with Gasteiger partial charge in [0.25, 0.3) is 5.91 Å². The Labute approximate surface area is 163 Å². The third-order valence-corrected chi connectivity index (χ3v) is 5.01. The molecule has 0 bridgehead atoms. The maximum absolute atomic E-state index is 13.1. The summed E-state index contributed by atoms with van der Waals surface area (Å²) in [7, 11) is 0. The molecule has 1 N–H and O–H groups in total. The highest BCUT2D eigenvalue weighted by molar-refractivity contribution is 5.97. The molecule has 148 valence electrons. The van der Waals surface area contributed by atoms with Crippen molar-refractivity contribution in [3.63, 3.8) is 0 Å². The number of carbonyl (C=O) groups excluding carboxylic acids is 1. The van der Waals surface area contributed by atoms with Crippen molar-refractivity contribution in [2.75, 3.05) is 18.5 Å². The number of rotatable bonds is 8. The fourth-order valence-corrected chi connectivity index (χ4v) is 3.29. The summed E-state index contributed by atoms with van der Waals surface area (Å²) in [4.78, 5) is 13.1. The van der Waals surface area contributed by atoms with Crippen LogP contribution in [0.4, 0.5) is 5.69 Å². The molecule has 1 aliphatic rings. The van der Waals surface area contributed by atoms with Crippen LogP contribution in [0.1, 0.15) is 65.4 Å². The van der Waals surface area contributed by atoms with Crippen LogP contribution in [0.15, 0.2) is 18.2 Å². The summed E-state index contributed by atoms with van der Waals surface area (Å²) < 4.78 is 11.7. The Morgan fingerprint density at radius 3 is 2.67 bits per heavy atom. The molecule has 1 aliphatic carbocycles. The van der Waals surface area contributed by atoms with Crippen molar-refractivity contribution in [3.8, 4) is 11.8 Å². The van der Waals surface area contributed by atoms with E-state index in [1.54, 1.807) is 18.2 Å². The summed E-state index contributed by atoms with van der Waals surface area (Å²) in [5.74, 6) is 1.44. The van der Waals surface area contributed by atoms with Crippen molar-refractivity contribution in [2.45, 2.75) is 65.4 Å². The van der Waals surface area contributed by atoms with E-state index in [0.717, 1.165) is 32.1 Å². The second-order valence-corrected chi connectivity index (χ2v) is 8.01. The Hall–Kier alpha value is -2.06. The van der Waals surface area contributed by atoms with E-state index in [1.165, 1.54) is 0 Å². The largest absolute Gasteiger partial charge is 0.492 e. The molecular formula is C22H32N2O3. The second-order valence-electron chi connectivity index (χ2n) is 8.01. The fraction of sp³-hybridized carbons (Fsp3) is 0.636. The molecule has 0 aliphatic heterocycles.